The lowest BCUT2D eigenvalue weighted by Gasteiger charge is -2.33. The Labute approximate surface area is 215 Å². The summed E-state index contributed by atoms with van der Waals surface area (Å²) in [5.41, 5.74) is 3.31. The first kappa shape index (κ1) is 27.7. The summed E-state index contributed by atoms with van der Waals surface area (Å²) >= 11 is 0. The molecule has 1 atom stereocenters. The Morgan fingerprint density at radius 2 is 1.72 bits per heavy atom. The lowest BCUT2D eigenvalue weighted by molar-refractivity contribution is -0.139. The third-order valence-corrected chi connectivity index (χ3v) is 8.00. The SMILES string of the molecule is CC[C@H](C(=O)NC1CCCC1)N(CCc1ccccc1)C(=O)CN(c1ccc(C)cc1C)S(C)(=O)=O. The Hall–Kier alpha value is -2.87. The van der Waals surface area contributed by atoms with Crippen molar-refractivity contribution < 1.29 is 18.0 Å². The monoisotopic (exact) mass is 513 g/mol. The molecule has 2 amide bonds. The minimum Gasteiger partial charge on any atom is -0.352 e. The van der Waals surface area contributed by atoms with Gasteiger partial charge in [-0.2, -0.15) is 0 Å². The van der Waals surface area contributed by atoms with Gasteiger partial charge in [0, 0.05) is 12.6 Å². The van der Waals surface area contributed by atoms with E-state index in [0.29, 0.717) is 25.1 Å². The Morgan fingerprint density at radius 1 is 1.06 bits per heavy atom. The number of amides is 2. The van der Waals surface area contributed by atoms with E-state index in [9.17, 15) is 18.0 Å². The van der Waals surface area contributed by atoms with Gasteiger partial charge >= 0.3 is 0 Å². The Bertz CT molecular complexity index is 1140. The quantitative estimate of drug-likeness (QED) is 0.492. The molecular formula is C28H39N3O4S. The van der Waals surface area contributed by atoms with Crippen molar-refractivity contribution in [2.75, 3.05) is 23.7 Å². The maximum atomic E-state index is 13.8. The molecule has 0 radical (unpaired) electrons. The van der Waals surface area contributed by atoms with Crippen molar-refractivity contribution in [2.45, 2.75) is 71.4 Å². The van der Waals surface area contributed by atoms with Crippen LogP contribution in [0.15, 0.2) is 48.5 Å². The van der Waals surface area contributed by atoms with Crippen molar-refractivity contribution in [3.8, 4) is 0 Å². The van der Waals surface area contributed by atoms with Gasteiger partial charge in [0.25, 0.3) is 0 Å². The molecule has 0 bridgehead atoms. The Kier molecular flexibility index (Phi) is 9.54. The fraction of sp³-hybridized carbons (Fsp3) is 0.500. The van der Waals surface area contributed by atoms with Crippen LogP contribution in [0.2, 0.25) is 0 Å². The fourth-order valence-corrected chi connectivity index (χ4v) is 5.85. The number of carbonyl (C=O) groups excluding carboxylic acids is 2. The predicted molar refractivity (Wildman–Crippen MR) is 144 cm³/mol. The van der Waals surface area contributed by atoms with Gasteiger partial charge < -0.3 is 10.2 Å². The van der Waals surface area contributed by atoms with Crippen molar-refractivity contribution in [1.29, 1.82) is 0 Å². The molecule has 8 heteroatoms. The molecule has 0 aromatic heterocycles. The summed E-state index contributed by atoms with van der Waals surface area (Å²) in [6, 6.07) is 14.7. The lowest BCUT2D eigenvalue weighted by Crippen LogP contribution is -2.54. The highest BCUT2D eigenvalue weighted by Gasteiger charge is 2.33. The van der Waals surface area contributed by atoms with Gasteiger partial charge in [0.2, 0.25) is 21.8 Å². The number of hydrogen-bond donors (Lipinski definition) is 1. The molecule has 0 aliphatic heterocycles. The molecular weight excluding hydrogens is 474 g/mol. The van der Waals surface area contributed by atoms with Crippen LogP contribution in [0, 0.1) is 13.8 Å². The van der Waals surface area contributed by atoms with Crippen LogP contribution in [0.1, 0.15) is 55.7 Å². The number of nitrogens with one attached hydrogen (secondary N) is 1. The van der Waals surface area contributed by atoms with E-state index in [1.807, 2.05) is 63.2 Å². The van der Waals surface area contributed by atoms with E-state index in [-0.39, 0.29) is 24.4 Å². The number of nitrogens with zero attached hydrogens (tertiary/aromatic N) is 2. The molecule has 3 rings (SSSR count). The summed E-state index contributed by atoms with van der Waals surface area (Å²) in [5, 5.41) is 3.13. The first-order valence-corrected chi connectivity index (χ1v) is 14.6. The van der Waals surface area contributed by atoms with E-state index >= 15 is 0 Å². The second-order valence-corrected chi connectivity index (χ2v) is 11.7. The summed E-state index contributed by atoms with van der Waals surface area (Å²) in [7, 11) is -3.74. The number of anilines is 1. The molecule has 0 spiro atoms. The minimum atomic E-state index is -3.74. The Morgan fingerprint density at radius 3 is 2.31 bits per heavy atom. The van der Waals surface area contributed by atoms with Crippen molar-refractivity contribution in [1.82, 2.24) is 10.2 Å². The number of carbonyl (C=O) groups is 2. The van der Waals surface area contributed by atoms with Crippen LogP contribution in [0.4, 0.5) is 5.69 Å². The molecule has 2 aromatic carbocycles. The van der Waals surface area contributed by atoms with Gasteiger partial charge in [-0.25, -0.2) is 8.42 Å². The maximum absolute atomic E-state index is 13.8. The average Bonchev–Trinajstić information content (AvgIpc) is 3.33. The zero-order valence-electron chi connectivity index (χ0n) is 21.9. The number of hydrogen-bond acceptors (Lipinski definition) is 4. The number of benzene rings is 2. The second-order valence-electron chi connectivity index (χ2n) is 9.80. The molecule has 0 heterocycles. The van der Waals surface area contributed by atoms with E-state index in [0.717, 1.165) is 52.9 Å². The van der Waals surface area contributed by atoms with Gasteiger partial charge in [-0.3, -0.25) is 13.9 Å². The smallest absolute Gasteiger partial charge is 0.244 e. The third kappa shape index (κ3) is 7.32. The number of rotatable bonds is 11. The minimum absolute atomic E-state index is 0.139. The molecule has 2 aromatic rings. The Balaban J connectivity index is 1.88. The van der Waals surface area contributed by atoms with Crippen LogP contribution >= 0.6 is 0 Å². The van der Waals surface area contributed by atoms with Gasteiger partial charge in [0.1, 0.15) is 12.6 Å². The zero-order chi connectivity index (χ0) is 26.3. The van der Waals surface area contributed by atoms with E-state index in [1.165, 1.54) is 0 Å². The van der Waals surface area contributed by atoms with Crippen LogP contribution < -0.4 is 9.62 Å². The van der Waals surface area contributed by atoms with Gasteiger partial charge in [-0.05, 0) is 56.7 Å². The van der Waals surface area contributed by atoms with E-state index in [2.05, 4.69) is 5.32 Å². The summed E-state index contributed by atoms with van der Waals surface area (Å²) in [6.45, 7) is 5.63. The molecule has 0 saturated heterocycles. The van der Waals surface area contributed by atoms with Crippen molar-refractivity contribution in [3.63, 3.8) is 0 Å². The molecule has 1 saturated carbocycles. The molecule has 1 aliphatic rings. The van der Waals surface area contributed by atoms with Gasteiger partial charge in [0.15, 0.2) is 0 Å². The highest BCUT2D eigenvalue weighted by Crippen LogP contribution is 2.24. The second kappa shape index (κ2) is 12.4. The summed E-state index contributed by atoms with van der Waals surface area (Å²) in [5.74, 6) is -0.548. The molecule has 196 valence electrons. The van der Waals surface area contributed by atoms with E-state index in [4.69, 9.17) is 0 Å². The summed E-state index contributed by atoms with van der Waals surface area (Å²) < 4.78 is 26.7. The molecule has 7 nitrogen and oxygen atoms in total. The van der Waals surface area contributed by atoms with E-state index in [1.54, 1.807) is 11.0 Å². The highest BCUT2D eigenvalue weighted by atomic mass is 32.2. The normalized spacial score (nSPS) is 14.9. The fourth-order valence-electron chi connectivity index (χ4n) is 4.94. The van der Waals surface area contributed by atoms with Gasteiger partial charge in [-0.15, -0.1) is 0 Å². The number of aryl methyl sites for hydroxylation is 2. The van der Waals surface area contributed by atoms with Gasteiger partial charge in [0.05, 0.1) is 11.9 Å². The van der Waals surface area contributed by atoms with Gasteiger partial charge in [-0.1, -0.05) is 67.8 Å². The van der Waals surface area contributed by atoms with Crippen LogP contribution in [0.5, 0.6) is 0 Å². The molecule has 1 fully saturated rings. The maximum Gasteiger partial charge on any atom is 0.244 e. The molecule has 36 heavy (non-hydrogen) atoms. The van der Waals surface area contributed by atoms with Crippen LogP contribution in [-0.4, -0.2) is 56.6 Å². The summed E-state index contributed by atoms with van der Waals surface area (Å²) in [6.07, 6.45) is 6.22. The first-order valence-electron chi connectivity index (χ1n) is 12.8. The van der Waals surface area contributed by atoms with E-state index < -0.39 is 16.1 Å². The van der Waals surface area contributed by atoms with Crippen molar-refractivity contribution >= 4 is 27.5 Å². The van der Waals surface area contributed by atoms with Crippen molar-refractivity contribution in [2.24, 2.45) is 0 Å². The average molecular weight is 514 g/mol. The van der Waals surface area contributed by atoms with Crippen LogP contribution in [0.3, 0.4) is 0 Å². The third-order valence-electron chi connectivity index (χ3n) is 6.87. The number of sulfonamides is 1. The largest absolute Gasteiger partial charge is 0.352 e. The predicted octanol–water partition coefficient (Wildman–Crippen LogP) is 3.98. The lowest BCUT2D eigenvalue weighted by atomic mass is 10.1. The zero-order valence-corrected chi connectivity index (χ0v) is 22.7. The highest BCUT2D eigenvalue weighted by molar-refractivity contribution is 7.92. The van der Waals surface area contributed by atoms with Crippen molar-refractivity contribution in [3.05, 3.63) is 65.2 Å². The molecule has 1 N–H and O–H groups in total. The van der Waals surface area contributed by atoms with Crippen LogP contribution in [-0.2, 0) is 26.0 Å². The van der Waals surface area contributed by atoms with Crippen LogP contribution in [0.25, 0.3) is 0 Å². The first-order chi connectivity index (χ1) is 17.1. The topological polar surface area (TPSA) is 86.8 Å². The molecule has 0 unspecified atom stereocenters. The standard InChI is InChI=1S/C28H39N3O4S/c1-5-25(28(33)29-24-13-9-10-14-24)30(18-17-23-11-7-6-8-12-23)27(32)20-31(36(4,34)35)26-16-15-21(2)19-22(26)3/h6-8,11-12,15-16,19,24-25H,5,9-10,13-14,17-18,20H2,1-4H3,(H,29,33)/t25-/m1/s1. The summed E-state index contributed by atoms with van der Waals surface area (Å²) in [4.78, 5) is 28.6. The molecule has 1 aliphatic carbocycles.